The van der Waals surface area contributed by atoms with Crippen molar-refractivity contribution in [3.05, 3.63) is 23.8 Å². The minimum atomic E-state index is 0. The first-order valence-electron chi connectivity index (χ1n) is 7.24. The summed E-state index contributed by atoms with van der Waals surface area (Å²) in [6.07, 6.45) is 3.60. The molecule has 1 aromatic rings. The summed E-state index contributed by atoms with van der Waals surface area (Å²) >= 11 is 0. The molecule has 1 unspecified atom stereocenters. The van der Waals surface area contributed by atoms with Crippen LogP contribution in [0.4, 0.5) is 0 Å². The van der Waals surface area contributed by atoms with Gasteiger partial charge in [0.25, 0.3) is 0 Å². The van der Waals surface area contributed by atoms with E-state index in [0.29, 0.717) is 19.3 Å². The van der Waals surface area contributed by atoms with Crippen molar-refractivity contribution in [3.63, 3.8) is 0 Å². The molecule has 0 aromatic heterocycles. The van der Waals surface area contributed by atoms with Crippen molar-refractivity contribution in [1.82, 2.24) is 10.6 Å². The predicted octanol–water partition coefficient (Wildman–Crippen LogP) is 1.76. The topological polar surface area (TPSA) is 42.5 Å². The van der Waals surface area contributed by atoms with Crippen molar-refractivity contribution in [2.75, 3.05) is 32.8 Å². The van der Waals surface area contributed by atoms with E-state index in [1.54, 1.807) is 0 Å². The molecule has 2 aliphatic heterocycles. The average Bonchev–Trinajstić information content (AvgIpc) is 2.48. The van der Waals surface area contributed by atoms with E-state index in [1.807, 2.05) is 6.07 Å². The molecule has 0 amide bonds. The Balaban J connectivity index is 0.00000147. The van der Waals surface area contributed by atoms with Gasteiger partial charge in [-0.25, -0.2) is 0 Å². The highest BCUT2D eigenvalue weighted by molar-refractivity contribution is 5.85. The third-order valence-corrected chi connectivity index (χ3v) is 3.75. The molecular formula is C15H23ClN2O2. The lowest BCUT2D eigenvalue weighted by Gasteiger charge is -2.24. The van der Waals surface area contributed by atoms with Gasteiger partial charge in [-0.1, -0.05) is 6.07 Å². The van der Waals surface area contributed by atoms with Gasteiger partial charge in [-0.15, -0.1) is 12.4 Å². The molecule has 5 heteroatoms. The first kappa shape index (κ1) is 15.4. The van der Waals surface area contributed by atoms with Gasteiger partial charge in [0.15, 0.2) is 11.5 Å². The maximum atomic E-state index is 5.60. The summed E-state index contributed by atoms with van der Waals surface area (Å²) in [5.74, 6) is 1.77. The molecule has 2 N–H and O–H groups in total. The fourth-order valence-electron chi connectivity index (χ4n) is 2.69. The van der Waals surface area contributed by atoms with Crippen molar-refractivity contribution in [3.8, 4) is 11.5 Å². The number of ether oxygens (including phenoxy) is 2. The van der Waals surface area contributed by atoms with E-state index >= 15 is 0 Å². The maximum absolute atomic E-state index is 5.60. The highest BCUT2D eigenvalue weighted by Crippen LogP contribution is 2.30. The van der Waals surface area contributed by atoms with E-state index in [4.69, 9.17) is 9.47 Å². The van der Waals surface area contributed by atoms with Crippen LogP contribution in [0.1, 0.15) is 18.4 Å². The first-order chi connectivity index (χ1) is 9.42. The number of nitrogens with one attached hydrogen (secondary N) is 2. The van der Waals surface area contributed by atoms with Crippen LogP contribution in [0.5, 0.6) is 11.5 Å². The van der Waals surface area contributed by atoms with Crippen molar-refractivity contribution >= 4 is 12.4 Å². The SMILES string of the molecule is Cl.c1cc2c(cc1CCNC1CCCNC1)OCCO2. The molecule has 0 aliphatic carbocycles. The van der Waals surface area contributed by atoms with Crippen LogP contribution in [0.2, 0.25) is 0 Å². The van der Waals surface area contributed by atoms with Crippen LogP contribution in [-0.2, 0) is 6.42 Å². The first-order valence-corrected chi connectivity index (χ1v) is 7.24. The van der Waals surface area contributed by atoms with Crippen molar-refractivity contribution < 1.29 is 9.47 Å². The zero-order chi connectivity index (χ0) is 12.9. The zero-order valence-corrected chi connectivity index (χ0v) is 12.5. The Kier molecular flexibility index (Phi) is 5.95. The molecule has 0 bridgehead atoms. The molecule has 2 aliphatic rings. The van der Waals surface area contributed by atoms with Gasteiger partial charge in [0, 0.05) is 12.6 Å². The van der Waals surface area contributed by atoms with E-state index in [1.165, 1.54) is 24.9 Å². The van der Waals surface area contributed by atoms with Gasteiger partial charge in [-0.2, -0.15) is 0 Å². The molecule has 1 saturated heterocycles. The fraction of sp³-hybridized carbons (Fsp3) is 0.600. The molecule has 4 nitrogen and oxygen atoms in total. The van der Waals surface area contributed by atoms with Crippen LogP contribution >= 0.6 is 12.4 Å². The molecule has 0 saturated carbocycles. The molecule has 112 valence electrons. The fourth-order valence-corrected chi connectivity index (χ4v) is 2.69. The largest absolute Gasteiger partial charge is 0.486 e. The second-order valence-electron chi connectivity index (χ2n) is 5.23. The highest BCUT2D eigenvalue weighted by Gasteiger charge is 2.13. The molecule has 0 radical (unpaired) electrons. The molecule has 20 heavy (non-hydrogen) atoms. The smallest absolute Gasteiger partial charge is 0.161 e. The zero-order valence-electron chi connectivity index (χ0n) is 11.7. The summed E-state index contributed by atoms with van der Waals surface area (Å²) in [5, 5.41) is 7.04. The normalized spacial score (nSPS) is 21.1. The van der Waals surface area contributed by atoms with Crippen molar-refractivity contribution in [1.29, 1.82) is 0 Å². The van der Waals surface area contributed by atoms with Gasteiger partial charge in [-0.3, -0.25) is 0 Å². The van der Waals surface area contributed by atoms with Gasteiger partial charge in [0.1, 0.15) is 13.2 Å². The van der Waals surface area contributed by atoms with E-state index in [9.17, 15) is 0 Å². The Morgan fingerprint density at radius 2 is 2.05 bits per heavy atom. The van der Waals surface area contributed by atoms with Gasteiger partial charge in [-0.05, 0) is 50.0 Å². The molecule has 0 spiro atoms. The van der Waals surface area contributed by atoms with Crippen molar-refractivity contribution in [2.24, 2.45) is 0 Å². The van der Waals surface area contributed by atoms with Crippen molar-refractivity contribution in [2.45, 2.75) is 25.3 Å². The predicted molar refractivity (Wildman–Crippen MR) is 82.3 cm³/mol. The highest BCUT2D eigenvalue weighted by atomic mass is 35.5. The third kappa shape index (κ3) is 4.01. The minimum Gasteiger partial charge on any atom is -0.486 e. The molecule has 2 heterocycles. The number of benzene rings is 1. The number of hydrogen-bond acceptors (Lipinski definition) is 4. The molecule has 1 aromatic carbocycles. The number of halogens is 1. The molecule has 1 atom stereocenters. The van der Waals surface area contributed by atoms with E-state index < -0.39 is 0 Å². The van der Waals surface area contributed by atoms with E-state index in [0.717, 1.165) is 31.0 Å². The monoisotopic (exact) mass is 298 g/mol. The summed E-state index contributed by atoms with van der Waals surface area (Å²) in [6, 6.07) is 6.89. The third-order valence-electron chi connectivity index (χ3n) is 3.75. The molecule has 3 rings (SSSR count). The Morgan fingerprint density at radius 3 is 2.85 bits per heavy atom. The van der Waals surface area contributed by atoms with Crippen LogP contribution in [0, 0.1) is 0 Å². The van der Waals surface area contributed by atoms with Crippen LogP contribution in [-0.4, -0.2) is 38.9 Å². The molecule has 1 fully saturated rings. The van der Waals surface area contributed by atoms with Gasteiger partial charge in [0.05, 0.1) is 0 Å². The Bertz CT molecular complexity index is 422. The standard InChI is InChI=1S/C15H22N2O2.ClH/c1-2-13(11-16-6-1)17-7-5-12-3-4-14-15(10-12)19-9-8-18-14;/h3-4,10,13,16-17H,1-2,5-9,11H2;1H. The van der Waals surface area contributed by atoms with Gasteiger partial charge in [0.2, 0.25) is 0 Å². The summed E-state index contributed by atoms with van der Waals surface area (Å²) in [7, 11) is 0. The van der Waals surface area contributed by atoms with Crippen LogP contribution < -0.4 is 20.1 Å². The Labute approximate surface area is 126 Å². The summed E-state index contributed by atoms with van der Waals surface area (Å²) in [5.41, 5.74) is 1.31. The molecular weight excluding hydrogens is 276 g/mol. The summed E-state index contributed by atoms with van der Waals surface area (Å²) < 4.78 is 11.1. The van der Waals surface area contributed by atoms with Gasteiger partial charge >= 0.3 is 0 Å². The van der Waals surface area contributed by atoms with E-state index in [2.05, 4.69) is 22.8 Å². The number of hydrogen-bond donors (Lipinski definition) is 2. The Morgan fingerprint density at radius 1 is 1.20 bits per heavy atom. The number of piperidine rings is 1. The number of fused-ring (bicyclic) bond motifs is 1. The summed E-state index contributed by atoms with van der Waals surface area (Å²) in [4.78, 5) is 0. The quantitative estimate of drug-likeness (QED) is 0.889. The van der Waals surface area contributed by atoms with E-state index in [-0.39, 0.29) is 12.4 Å². The maximum Gasteiger partial charge on any atom is 0.161 e. The van der Waals surface area contributed by atoms with Crippen LogP contribution in [0.3, 0.4) is 0 Å². The lowest BCUT2D eigenvalue weighted by atomic mass is 10.1. The van der Waals surface area contributed by atoms with Gasteiger partial charge < -0.3 is 20.1 Å². The Hall–Kier alpha value is -0.970. The average molecular weight is 299 g/mol. The van der Waals surface area contributed by atoms with Crippen LogP contribution in [0.15, 0.2) is 18.2 Å². The second-order valence-corrected chi connectivity index (χ2v) is 5.23. The minimum absolute atomic E-state index is 0. The lowest BCUT2D eigenvalue weighted by Crippen LogP contribution is -2.43. The van der Waals surface area contributed by atoms with Crippen LogP contribution in [0.25, 0.3) is 0 Å². The second kappa shape index (κ2) is 7.72. The lowest BCUT2D eigenvalue weighted by molar-refractivity contribution is 0.171. The number of rotatable bonds is 4. The summed E-state index contributed by atoms with van der Waals surface area (Å²) in [6.45, 7) is 4.60.